The zero-order chi connectivity index (χ0) is 15.6. The number of pyridine rings is 2. The first kappa shape index (κ1) is 13.4. The van der Waals surface area contributed by atoms with Crippen molar-refractivity contribution in [3.8, 4) is 0 Å². The van der Waals surface area contributed by atoms with Gasteiger partial charge in [-0.25, -0.2) is 0 Å². The van der Waals surface area contributed by atoms with Crippen molar-refractivity contribution in [3.05, 3.63) is 90.0 Å². The summed E-state index contributed by atoms with van der Waals surface area (Å²) in [4.78, 5) is 21.5. The molecule has 1 aromatic carbocycles. The molecule has 1 N–H and O–H groups in total. The molecule has 3 aromatic rings. The van der Waals surface area contributed by atoms with Crippen LogP contribution in [-0.2, 0) is 4.79 Å². The van der Waals surface area contributed by atoms with E-state index in [0.717, 1.165) is 28.2 Å². The van der Waals surface area contributed by atoms with Crippen LogP contribution in [0.2, 0.25) is 0 Å². The predicted octanol–water partition coefficient (Wildman–Crippen LogP) is 3.39. The van der Waals surface area contributed by atoms with Crippen LogP contribution >= 0.6 is 0 Å². The molecule has 0 fully saturated rings. The van der Waals surface area contributed by atoms with Crippen molar-refractivity contribution < 1.29 is 4.79 Å². The highest BCUT2D eigenvalue weighted by molar-refractivity contribution is 6.37. The van der Waals surface area contributed by atoms with Crippen LogP contribution in [-0.4, -0.2) is 15.9 Å². The zero-order valence-electron chi connectivity index (χ0n) is 12.2. The van der Waals surface area contributed by atoms with E-state index >= 15 is 0 Å². The Bertz CT molecular complexity index is 861. The zero-order valence-corrected chi connectivity index (χ0v) is 12.2. The minimum atomic E-state index is -0.127. The molecule has 3 heterocycles. The first-order valence-corrected chi connectivity index (χ1v) is 7.32. The van der Waals surface area contributed by atoms with Gasteiger partial charge in [0.1, 0.15) is 0 Å². The summed E-state index contributed by atoms with van der Waals surface area (Å²) in [6.07, 6.45) is 3.44. The maximum Gasteiger partial charge on any atom is 0.257 e. The lowest BCUT2D eigenvalue weighted by Gasteiger charge is -2.10. The van der Waals surface area contributed by atoms with Crippen LogP contribution in [0.1, 0.15) is 17.0 Å². The van der Waals surface area contributed by atoms with Crippen LogP contribution in [0.25, 0.3) is 11.1 Å². The van der Waals surface area contributed by atoms with Crippen molar-refractivity contribution in [2.24, 2.45) is 0 Å². The number of aromatic nitrogens is 2. The summed E-state index contributed by atoms with van der Waals surface area (Å²) in [6, 6.07) is 19.0. The third-order valence-corrected chi connectivity index (χ3v) is 3.76. The van der Waals surface area contributed by atoms with Gasteiger partial charge in [0.2, 0.25) is 0 Å². The van der Waals surface area contributed by atoms with E-state index in [1.807, 2.05) is 60.7 Å². The lowest BCUT2D eigenvalue weighted by atomic mass is 9.95. The van der Waals surface area contributed by atoms with E-state index < -0.39 is 0 Å². The standard InChI is InChI=1S/C19H13N3O/c23-19-17(13-7-1-2-8-14(13)22-19)18(15-9-3-5-11-20-15)16-10-4-6-12-21-16/h1-12H,(H,22,23). The highest BCUT2D eigenvalue weighted by Gasteiger charge is 2.29. The van der Waals surface area contributed by atoms with Gasteiger partial charge in [0.05, 0.1) is 17.0 Å². The largest absolute Gasteiger partial charge is 0.321 e. The highest BCUT2D eigenvalue weighted by atomic mass is 16.2. The van der Waals surface area contributed by atoms with Gasteiger partial charge in [-0.3, -0.25) is 14.8 Å². The van der Waals surface area contributed by atoms with Gasteiger partial charge >= 0.3 is 0 Å². The minimum absolute atomic E-state index is 0.127. The maximum absolute atomic E-state index is 12.6. The molecule has 1 amide bonds. The first-order chi connectivity index (χ1) is 11.3. The second kappa shape index (κ2) is 5.50. The SMILES string of the molecule is O=C1Nc2ccccc2C1=C(c1ccccn1)c1ccccn1. The third kappa shape index (κ3) is 2.30. The lowest BCUT2D eigenvalue weighted by Crippen LogP contribution is -2.07. The first-order valence-electron chi connectivity index (χ1n) is 7.32. The fraction of sp³-hybridized carbons (Fsp3) is 0. The molecule has 110 valence electrons. The molecule has 0 spiro atoms. The highest BCUT2D eigenvalue weighted by Crippen LogP contribution is 2.38. The lowest BCUT2D eigenvalue weighted by molar-refractivity contribution is -0.110. The summed E-state index contributed by atoms with van der Waals surface area (Å²) in [5.41, 5.74) is 4.51. The van der Waals surface area contributed by atoms with E-state index in [4.69, 9.17) is 0 Å². The van der Waals surface area contributed by atoms with Gasteiger partial charge in [-0.1, -0.05) is 30.3 Å². The van der Waals surface area contributed by atoms with Crippen LogP contribution in [0.3, 0.4) is 0 Å². The quantitative estimate of drug-likeness (QED) is 0.738. The summed E-state index contributed by atoms with van der Waals surface area (Å²) in [7, 11) is 0. The second-order valence-electron chi connectivity index (χ2n) is 5.18. The number of amides is 1. The molecule has 0 bridgehead atoms. The molecule has 0 atom stereocenters. The number of nitrogens with zero attached hydrogens (tertiary/aromatic N) is 2. The number of hydrogen-bond acceptors (Lipinski definition) is 3. The van der Waals surface area contributed by atoms with E-state index in [9.17, 15) is 4.79 Å². The molecular weight excluding hydrogens is 286 g/mol. The van der Waals surface area contributed by atoms with Gasteiger partial charge < -0.3 is 5.32 Å². The van der Waals surface area contributed by atoms with Crippen molar-refractivity contribution in [3.63, 3.8) is 0 Å². The molecule has 4 rings (SSSR count). The second-order valence-corrected chi connectivity index (χ2v) is 5.18. The Balaban J connectivity index is 2.05. The number of fused-ring (bicyclic) bond motifs is 1. The number of hydrogen-bond donors (Lipinski definition) is 1. The minimum Gasteiger partial charge on any atom is -0.321 e. The van der Waals surface area contributed by atoms with Crippen LogP contribution < -0.4 is 5.32 Å². The number of benzene rings is 1. The Morgan fingerprint density at radius 2 is 1.39 bits per heavy atom. The van der Waals surface area contributed by atoms with Crippen LogP contribution in [0.15, 0.2) is 73.1 Å². The number of nitrogens with one attached hydrogen (secondary N) is 1. The van der Waals surface area contributed by atoms with Crippen molar-refractivity contribution >= 4 is 22.7 Å². The van der Waals surface area contributed by atoms with Crippen LogP contribution in [0, 0.1) is 0 Å². The Labute approximate surface area is 133 Å². The Hall–Kier alpha value is -3.27. The molecule has 1 aliphatic heterocycles. The molecule has 1 aliphatic rings. The van der Waals surface area contributed by atoms with E-state index in [-0.39, 0.29) is 5.91 Å². The number of carbonyl (C=O) groups is 1. The van der Waals surface area contributed by atoms with Crippen molar-refractivity contribution in [2.45, 2.75) is 0 Å². The smallest absolute Gasteiger partial charge is 0.257 e. The normalized spacial score (nSPS) is 12.7. The number of anilines is 1. The molecule has 0 saturated heterocycles. The fourth-order valence-corrected chi connectivity index (χ4v) is 2.77. The van der Waals surface area contributed by atoms with Crippen molar-refractivity contribution in [2.75, 3.05) is 5.32 Å². The summed E-state index contributed by atoms with van der Waals surface area (Å²) in [6.45, 7) is 0. The number of para-hydroxylation sites is 1. The summed E-state index contributed by atoms with van der Waals surface area (Å²) in [5, 5.41) is 2.92. The third-order valence-electron chi connectivity index (χ3n) is 3.76. The molecule has 23 heavy (non-hydrogen) atoms. The Kier molecular flexibility index (Phi) is 3.20. The van der Waals surface area contributed by atoms with E-state index in [1.54, 1.807) is 12.4 Å². The van der Waals surface area contributed by atoms with Gasteiger partial charge in [-0.05, 0) is 30.3 Å². The topological polar surface area (TPSA) is 54.9 Å². The van der Waals surface area contributed by atoms with Gasteiger partial charge in [0, 0.05) is 29.2 Å². The van der Waals surface area contributed by atoms with Crippen LogP contribution in [0.4, 0.5) is 5.69 Å². The molecule has 0 aliphatic carbocycles. The van der Waals surface area contributed by atoms with Crippen molar-refractivity contribution in [1.82, 2.24) is 9.97 Å². The fourth-order valence-electron chi connectivity index (χ4n) is 2.77. The molecule has 0 radical (unpaired) electrons. The summed E-state index contributed by atoms with van der Waals surface area (Å²) >= 11 is 0. The van der Waals surface area contributed by atoms with Crippen LogP contribution in [0.5, 0.6) is 0 Å². The molecular formula is C19H13N3O. The molecule has 0 saturated carbocycles. The molecule has 4 nitrogen and oxygen atoms in total. The van der Waals surface area contributed by atoms with Gasteiger partial charge in [0.25, 0.3) is 5.91 Å². The molecule has 4 heteroatoms. The van der Waals surface area contributed by atoms with Gasteiger partial charge in [-0.15, -0.1) is 0 Å². The molecule has 0 unspecified atom stereocenters. The average Bonchev–Trinajstić information content (AvgIpc) is 2.94. The van der Waals surface area contributed by atoms with Gasteiger partial charge in [0.15, 0.2) is 0 Å². The average molecular weight is 299 g/mol. The molecule has 2 aromatic heterocycles. The maximum atomic E-state index is 12.6. The van der Waals surface area contributed by atoms with E-state index in [2.05, 4.69) is 15.3 Å². The predicted molar refractivity (Wildman–Crippen MR) is 89.5 cm³/mol. The Morgan fingerprint density at radius 1 is 0.783 bits per heavy atom. The Morgan fingerprint density at radius 3 is 2.00 bits per heavy atom. The van der Waals surface area contributed by atoms with E-state index in [0.29, 0.717) is 5.57 Å². The van der Waals surface area contributed by atoms with E-state index in [1.165, 1.54) is 0 Å². The number of carbonyl (C=O) groups excluding carboxylic acids is 1. The summed E-state index contributed by atoms with van der Waals surface area (Å²) in [5.74, 6) is -0.127. The van der Waals surface area contributed by atoms with Gasteiger partial charge in [-0.2, -0.15) is 0 Å². The number of rotatable bonds is 2. The van der Waals surface area contributed by atoms with Crippen molar-refractivity contribution in [1.29, 1.82) is 0 Å². The monoisotopic (exact) mass is 299 g/mol. The summed E-state index contributed by atoms with van der Waals surface area (Å²) < 4.78 is 0.